The molecule has 1 heterocycles. The van der Waals surface area contributed by atoms with Crippen molar-refractivity contribution in [1.82, 2.24) is 4.57 Å². The fourth-order valence-electron chi connectivity index (χ4n) is 9.68. The van der Waals surface area contributed by atoms with E-state index in [1.807, 2.05) is 0 Å². The fraction of sp³-hybridized carbons (Fsp3) is 0.319. The molecule has 50 heavy (non-hydrogen) atoms. The van der Waals surface area contributed by atoms with Crippen LogP contribution in [0.15, 0.2) is 115 Å². The predicted octanol–water partition coefficient (Wildman–Crippen LogP) is 12.8. The summed E-state index contributed by atoms with van der Waals surface area (Å²) in [5, 5.41) is 2.66. The Bertz CT molecular complexity index is 2200. The predicted molar refractivity (Wildman–Crippen MR) is 217 cm³/mol. The van der Waals surface area contributed by atoms with Crippen molar-refractivity contribution in [2.24, 2.45) is 7.05 Å². The highest BCUT2D eigenvalue weighted by Crippen LogP contribution is 2.57. The molecule has 0 saturated carbocycles. The maximum absolute atomic E-state index is 6.06. The summed E-state index contributed by atoms with van der Waals surface area (Å²) in [4.78, 5) is 0. The van der Waals surface area contributed by atoms with E-state index in [0.717, 1.165) is 13.0 Å². The largest absolute Gasteiger partial charge is 0.376 e. The lowest BCUT2D eigenvalue weighted by molar-refractivity contribution is -0.00471. The molecule has 0 radical (unpaired) electrons. The molecule has 1 aromatic heterocycles. The summed E-state index contributed by atoms with van der Waals surface area (Å²) >= 11 is 0. The van der Waals surface area contributed by atoms with Crippen LogP contribution < -0.4 is 0 Å². The van der Waals surface area contributed by atoms with Gasteiger partial charge in [-0.1, -0.05) is 134 Å². The third-order valence-electron chi connectivity index (χ3n) is 11.8. The van der Waals surface area contributed by atoms with Crippen LogP contribution in [-0.2, 0) is 11.8 Å². The molecule has 2 aliphatic rings. The molecule has 0 spiro atoms. The standard InChI is InChI=1S/C47H51NOSi/c1-32-30-41-34(33-26-27-44-42(31-33)37-20-13-14-25-43(37)48(44)5)23-17-24-40(41)45(32)50(6,29-16-8-7-15-28-49-47(2,3)4)46-38-21-11-9-18-35(38)36-19-10-12-22-39(36)46/h9-14,17-27,30-31,45-46H,7-8,15-16,28-29H2,1-6H3. The van der Waals surface area contributed by atoms with Gasteiger partial charge >= 0.3 is 0 Å². The molecular weight excluding hydrogens is 623 g/mol. The van der Waals surface area contributed by atoms with Crippen molar-refractivity contribution >= 4 is 36.0 Å². The first-order chi connectivity index (χ1) is 24.2. The third-order valence-corrected chi connectivity index (χ3v) is 17.3. The zero-order chi connectivity index (χ0) is 34.6. The molecule has 6 aromatic rings. The Morgan fingerprint density at radius 3 is 2.00 bits per heavy atom. The van der Waals surface area contributed by atoms with Crippen molar-refractivity contribution in [3.05, 3.63) is 137 Å². The number of rotatable bonds is 10. The summed E-state index contributed by atoms with van der Waals surface area (Å²) in [6.45, 7) is 12.5. The molecular formula is C47H51NOSi. The number of allylic oxidation sites excluding steroid dienone is 1. The van der Waals surface area contributed by atoms with E-state index in [2.05, 4.69) is 161 Å². The Kier molecular flexibility index (Phi) is 8.48. The molecule has 2 atom stereocenters. The Morgan fingerprint density at radius 2 is 1.26 bits per heavy atom. The van der Waals surface area contributed by atoms with Gasteiger partial charge in [-0.2, -0.15) is 0 Å². The first kappa shape index (κ1) is 33.0. The topological polar surface area (TPSA) is 14.2 Å². The number of para-hydroxylation sites is 1. The lowest BCUT2D eigenvalue weighted by Gasteiger charge is -2.42. The quantitative estimate of drug-likeness (QED) is 0.104. The van der Waals surface area contributed by atoms with E-state index in [4.69, 9.17) is 4.74 Å². The van der Waals surface area contributed by atoms with Gasteiger partial charge in [0.25, 0.3) is 0 Å². The van der Waals surface area contributed by atoms with Crippen molar-refractivity contribution in [1.29, 1.82) is 0 Å². The maximum atomic E-state index is 6.06. The second-order valence-corrected chi connectivity index (χ2v) is 20.8. The van der Waals surface area contributed by atoms with E-state index in [1.165, 1.54) is 74.9 Å². The maximum Gasteiger partial charge on any atom is 0.0756 e. The van der Waals surface area contributed by atoms with Gasteiger partial charge in [0.05, 0.1) is 13.7 Å². The lowest BCUT2D eigenvalue weighted by Crippen LogP contribution is -2.45. The molecule has 2 unspecified atom stereocenters. The monoisotopic (exact) mass is 673 g/mol. The average molecular weight is 674 g/mol. The molecule has 2 aliphatic carbocycles. The molecule has 0 amide bonds. The van der Waals surface area contributed by atoms with Crippen molar-refractivity contribution in [3.8, 4) is 22.3 Å². The van der Waals surface area contributed by atoms with Crippen LogP contribution in [0.4, 0.5) is 0 Å². The highest BCUT2D eigenvalue weighted by atomic mass is 28.3. The number of hydrogen-bond acceptors (Lipinski definition) is 1. The van der Waals surface area contributed by atoms with Crippen LogP contribution in [0, 0.1) is 0 Å². The molecule has 0 bridgehead atoms. The number of unbranched alkanes of at least 4 members (excludes halogenated alkanes) is 3. The Balaban J connectivity index is 1.19. The lowest BCUT2D eigenvalue weighted by atomic mass is 9.96. The van der Waals surface area contributed by atoms with Gasteiger partial charge in [-0.3, -0.25) is 0 Å². The highest BCUT2D eigenvalue weighted by Gasteiger charge is 2.50. The first-order valence-corrected chi connectivity index (χ1v) is 21.6. The minimum Gasteiger partial charge on any atom is -0.376 e. The zero-order valence-electron chi connectivity index (χ0n) is 30.7. The Morgan fingerprint density at radius 1 is 0.640 bits per heavy atom. The molecule has 0 fully saturated rings. The minimum atomic E-state index is -2.10. The van der Waals surface area contributed by atoms with Gasteiger partial charge in [-0.15, -0.1) is 0 Å². The third kappa shape index (κ3) is 5.60. The van der Waals surface area contributed by atoms with Gasteiger partial charge < -0.3 is 9.30 Å². The van der Waals surface area contributed by atoms with E-state index >= 15 is 0 Å². The molecule has 0 N–H and O–H groups in total. The van der Waals surface area contributed by atoms with Crippen LogP contribution in [0.1, 0.15) is 86.7 Å². The number of hydrogen-bond donors (Lipinski definition) is 0. The molecule has 0 aliphatic heterocycles. The molecule has 2 nitrogen and oxygen atoms in total. The molecule has 0 saturated heterocycles. The van der Waals surface area contributed by atoms with Gasteiger partial charge in [0.15, 0.2) is 0 Å². The average Bonchev–Trinajstić information content (AvgIpc) is 3.74. The summed E-state index contributed by atoms with van der Waals surface area (Å²) in [6.07, 6.45) is 7.47. The fourth-order valence-corrected chi connectivity index (χ4v) is 15.6. The van der Waals surface area contributed by atoms with Gasteiger partial charge in [-0.25, -0.2) is 0 Å². The number of nitrogens with zero attached hydrogens (tertiary/aromatic N) is 1. The van der Waals surface area contributed by atoms with E-state index in [0.29, 0.717) is 11.1 Å². The van der Waals surface area contributed by atoms with Crippen molar-refractivity contribution in [3.63, 3.8) is 0 Å². The summed E-state index contributed by atoms with van der Waals surface area (Å²) in [7, 11) is 0.0844. The summed E-state index contributed by atoms with van der Waals surface area (Å²) < 4.78 is 8.39. The zero-order valence-corrected chi connectivity index (χ0v) is 31.7. The Hall–Kier alpha value is -4.18. The van der Waals surface area contributed by atoms with Crippen LogP contribution >= 0.6 is 0 Å². The normalized spacial score (nSPS) is 16.8. The van der Waals surface area contributed by atoms with E-state index in [-0.39, 0.29) is 5.60 Å². The van der Waals surface area contributed by atoms with Crippen molar-refractivity contribution in [2.75, 3.05) is 6.61 Å². The van der Waals surface area contributed by atoms with Crippen molar-refractivity contribution in [2.45, 2.75) is 82.7 Å². The number of aromatic nitrogens is 1. The van der Waals surface area contributed by atoms with Gasteiger partial charge in [0.2, 0.25) is 0 Å². The first-order valence-electron chi connectivity index (χ1n) is 18.8. The number of ether oxygens (including phenoxy) is 1. The molecule has 3 heteroatoms. The molecule has 254 valence electrons. The number of aryl methyl sites for hydroxylation is 1. The Labute approximate surface area is 299 Å². The number of benzene rings is 5. The number of fused-ring (bicyclic) bond motifs is 7. The second-order valence-electron chi connectivity index (χ2n) is 16.2. The van der Waals surface area contributed by atoms with Crippen LogP contribution in [0.5, 0.6) is 0 Å². The minimum absolute atomic E-state index is 0.0616. The van der Waals surface area contributed by atoms with Crippen LogP contribution in [0.2, 0.25) is 12.6 Å². The van der Waals surface area contributed by atoms with Gasteiger partial charge in [0, 0.05) is 46.5 Å². The summed E-state index contributed by atoms with van der Waals surface area (Å²) in [5.74, 6) is 0. The highest BCUT2D eigenvalue weighted by molar-refractivity contribution is 6.83. The van der Waals surface area contributed by atoms with E-state index in [1.54, 1.807) is 22.3 Å². The smallest absolute Gasteiger partial charge is 0.0756 e. The van der Waals surface area contributed by atoms with Gasteiger partial charge in [-0.05, 0) is 96.8 Å². The van der Waals surface area contributed by atoms with Crippen molar-refractivity contribution < 1.29 is 4.74 Å². The van der Waals surface area contributed by atoms with Crippen LogP contribution in [0.25, 0.3) is 50.1 Å². The second kappa shape index (κ2) is 12.9. The summed E-state index contributed by atoms with van der Waals surface area (Å²) in [6, 6.07) is 43.0. The van der Waals surface area contributed by atoms with E-state index < -0.39 is 8.07 Å². The van der Waals surface area contributed by atoms with Gasteiger partial charge in [0.1, 0.15) is 0 Å². The van der Waals surface area contributed by atoms with E-state index in [9.17, 15) is 0 Å². The molecule has 8 rings (SSSR count). The van der Waals surface area contributed by atoms with Crippen LogP contribution in [0.3, 0.4) is 0 Å². The SMILES string of the molecule is CC1=Cc2c(-c3ccc4c(c3)c3ccccc3n4C)cccc2C1[Si](C)(CCCCCCOC(C)(C)C)C1c2ccccc2-c2ccccc21. The van der Waals surface area contributed by atoms with Crippen LogP contribution in [-0.4, -0.2) is 24.8 Å². The summed E-state index contributed by atoms with van der Waals surface area (Å²) in [5.41, 5.74) is 16.7. The molecule has 5 aromatic carbocycles.